The van der Waals surface area contributed by atoms with Gasteiger partial charge < -0.3 is 10.2 Å². The number of aliphatic hydroxyl groups excluding tert-OH is 2. The molecule has 0 amide bonds. The van der Waals surface area contributed by atoms with Crippen molar-refractivity contribution < 1.29 is 10.2 Å². The minimum absolute atomic E-state index is 0.333. The zero-order chi connectivity index (χ0) is 16.8. The summed E-state index contributed by atoms with van der Waals surface area (Å²) in [5, 5.41) is 16.0. The van der Waals surface area contributed by atoms with Gasteiger partial charge >= 0.3 is 0 Å². The quantitative estimate of drug-likeness (QED) is 0.463. The Morgan fingerprint density at radius 3 is 1.38 bits per heavy atom. The summed E-state index contributed by atoms with van der Waals surface area (Å²) < 4.78 is 0. The third-order valence-electron chi connectivity index (χ3n) is 4.70. The van der Waals surface area contributed by atoms with Gasteiger partial charge in [0.25, 0.3) is 0 Å². The Bertz CT molecular complexity index is 210. The third-order valence-corrected chi connectivity index (χ3v) is 4.70. The van der Waals surface area contributed by atoms with Crippen LogP contribution in [-0.4, -0.2) is 23.9 Å². The van der Waals surface area contributed by atoms with Crippen LogP contribution in [0.3, 0.4) is 0 Å². The molecule has 2 N–H and O–H groups in total. The van der Waals surface area contributed by atoms with Crippen molar-refractivity contribution in [2.75, 3.05) is 13.7 Å². The minimum Gasteiger partial charge on any atom is -0.400 e. The van der Waals surface area contributed by atoms with Gasteiger partial charge in [-0.3, -0.25) is 0 Å². The third kappa shape index (κ3) is 16.1. The van der Waals surface area contributed by atoms with Crippen molar-refractivity contribution in [1.29, 1.82) is 0 Å². The largest absolute Gasteiger partial charge is 0.400 e. The van der Waals surface area contributed by atoms with Crippen LogP contribution in [0.4, 0.5) is 0 Å². The van der Waals surface area contributed by atoms with Crippen LogP contribution in [-0.2, 0) is 0 Å². The highest BCUT2D eigenvalue weighted by atomic mass is 16.3. The lowest BCUT2D eigenvalue weighted by Gasteiger charge is -2.23. The van der Waals surface area contributed by atoms with Gasteiger partial charge in [0.05, 0.1) is 0 Å². The van der Waals surface area contributed by atoms with Crippen molar-refractivity contribution in [3.05, 3.63) is 0 Å². The zero-order valence-electron chi connectivity index (χ0n) is 15.7. The first kappa shape index (κ1) is 23.2. The summed E-state index contributed by atoms with van der Waals surface area (Å²) in [4.78, 5) is 0. The minimum atomic E-state index is 0.333. The monoisotopic (exact) mass is 302 g/mol. The number of rotatable bonds is 12. The molecular weight excluding hydrogens is 260 g/mol. The molecule has 0 spiro atoms. The van der Waals surface area contributed by atoms with Crippen molar-refractivity contribution in [1.82, 2.24) is 0 Å². The van der Waals surface area contributed by atoms with Crippen LogP contribution in [0.5, 0.6) is 0 Å². The molecule has 0 aliphatic carbocycles. The van der Waals surface area contributed by atoms with Gasteiger partial charge in [-0.15, -0.1) is 0 Å². The predicted molar refractivity (Wildman–Crippen MR) is 94.6 cm³/mol. The Kier molecular flexibility index (Phi) is 15.0. The molecule has 130 valence electrons. The van der Waals surface area contributed by atoms with Crippen LogP contribution >= 0.6 is 0 Å². The van der Waals surface area contributed by atoms with Gasteiger partial charge in [0, 0.05) is 13.7 Å². The molecule has 0 aliphatic heterocycles. The molecule has 0 aromatic rings. The highest BCUT2D eigenvalue weighted by molar-refractivity contribution is 4.68. The Balaban J connectivity index is 0. The van der Waals surface area contributed by atoms with Gasteiger partial charge in [-0.05, 0) is 30.1 Å². The lowest BCUT2D eigenvalue weighted by Crippen LogP contribution is -2.13. The van der Waals surface area contributed by atoms with Gasteiger partial charge in [0.2, 0.25) is 0 Å². The lowest BCUT2D eigenvalue weighted by molar-refractivity contribution is 0.198. The number of hydrogen-bond acceptors (Lipinski definition) is 2. The van der Waals surface area contributed by atoms with Crippen molar-refractivity contribution in [3.8, 4) is 0 Å². The zero-order valence-corrected chi connectivity index (χ0v) is 15.7. The van der Waals surface area contributed by atoms with Crippen molar-refractivity contribution in [3.63, 3.8) is 0 Å². The van der Waals surface area contributed by atoms with Crippen molar-refractivity contribution in [2.45, 2.75) is 98.8 Å². The first-order valence-electron chi connectivity index (χ1n) is 8.88. The maximum Gasteiger partial charge on any atom is 0.0436 e. The fourth-order valence-electron chi connectivity index (χ4n) is 2.52. The van der Waals surface area contributed by atoms with E-state index in [-0.39, 0.29) is 0 Å². The molecule has 0 atom stereocenters. The average molecular weight is 303 g/mol. The molecule has 0 aliphatic rings. The normalized spacial score (nSPS) is 12.0. The second-order valence-corrected chi connectivity index (χ2v) is 7.78. The Labute approximate surface area is 134 Å². The van der Waals surface area contributed by atoms with Crippen LogP contribution < -0.4 is 0 Å². The smallest absolute Gasteiger partial charge is 0.0436 e. The number of aliphatic hydroxyl groups is 2. The van der Waals surface area contributed by atoms with Gasteiger partial charge in [0.1, 0.15) is 0 Å². The second-order valence-electron chi connectivity index (χ2n) is 7.78. The summed E-state index contributed by atoms with van der Waals surface area (Å²) >= 11 is 0. The van der Waals surface area contributed by atoms with Gasteiger partial charge in [-0.1, -0.05) is 79.6 Å². The van der Waals surface area contributed by atoms with Gasteiger partial charge in [-0.25, -0.2) is 0 Å². The predicted octanol–water partition coefficient (Wildman–Crippen LogP) is 5.56. The van der Waals surface area contributed by atoms with E-state index in [1.165, 1.54) is 57.8 Å². The molecule has 0 bridgehead atoms. The number of hydrogen-bond donors (Lipinski definition) is 2. The average Bonchev–Trinajstić information content (AvgIpc) is 2.44. The van der Waals surface area contributed by atoms with Crippen molar-refractivity contribution in [2.24, 2.45) is 10.8 Å². The first-order valence-corrected chi connectivity index (χ1v) is 8.88. The Morgan fingerprint density at radius 2 is 1.00 bits per heavy atom. The van der Waals surface area contributed by atoms with Crippen LogP contribution in [0.2, 0.25) is 0 Å². The van der Waals surface area contributed by atoms with E-state index in [9.17, 15) is 0 Å². The molecule has 0 fully saturated rings. The highest BCUT2D eigenvalue weighted by Crippen LogP contribution is 2.29. The molecule has 0 saturated heterocycles. The SMILES string of the molecule is CCC(C)(C)CCCCCCCCC(C)(C)CCO.CO. The second kappa shape index (κ2) is 13.6. The van der Waals surface area contributed by atoms with E-state index in [0.29, 0.717) is 17.4 Å². The Hall–Kier alpha value is -0.0800. The molecule has 0 saturated carbocycles. The standard InChI is InChI=1S/C18H38O.CH4O/c1-6-17(2,3)13-11-9-7-8-10-12-14-18(4,5)15-16-19;1-2/h19H,6-16H2,1-5H3;2H,1H3. The molecule has 2 nitrogen and oxygen atoms in total. The number of unbranched alkanes of at least 4 members (excludes halogenated alkanes) is 5. The maximum absolute atomic E-state index is 8.99. The summed E-state index contributed by atoms with van der Waals surface area (Å²) in [5.41, 5.74) is 0.883. The van der Waals surface area contributed by atoms with E-state index < -0.39 is 0 Å². The summed E-state index contributed by atoms with van der Waals surface area (Å²) in [6.07, 6.45) is 13.2. The van der Waals surface area contributed by atoms with E-state index in [1.807, 2.05) is 0 Å². The summed E-state index contributed by atoms with van der Waals surface area (Å²) in [6, 6.07) is 0. The molecule has 0 radical (unpaired) electrons. The molecule has 0 unspecified atom stereocenters. The molecular formula is C19H42O2. The first-order chi connectivity index (χ1) is 9.83. The topological polar surface area (TPSA) is 40.5 Å². The molecule has 0 aromatic carbocycles. The molecule has 21 heavy (non-hydrogen) atoms. The Morgan fingerprint density at radius 1 is 0.619 bits per heavy atom. The van der Waals surface area contributed by atoms with Crippen LogP contribution in [0.1, 0.15) is 98.8 Å². The van der Waals surface area contributed by atoms with E-state index in [1.54, 1.807) is 0 Å². The van der Waals surface area contributed by atoms with Crippen molar-refractivity contribution >= 4 is 0 Å². The molecule has 0 heterocycles. The molecule has 0 rings (SSSR count). The summed E-state index contributed by atoms with van der Waals surface area (Å²) in [6.45, 7) is 12.0. The van der Waals surface area contributed by atoms with Gasteiger partial charge in [0.15, 0.2) is 0 Å². The van der Waals surface area contributed by atoms with Crippen LogP contribution in [0.15, 0.2) is 0 Å². The maximum atomic E-state index is 8.99. The lowest BCUT2D eigenvalue weighted by atomic mass is 9.83. The van der Waals surface area contributed by atoms with E-state index in [0.717, 1.165) is 13.5 Å². The summed E-state index contributed by atoms with van der Waals surface area (Å²) in [5.74, 6) is 0. The fraction of sp³-hybridized carbons (Fsp3) is 1.00. The van der Waals surface area contributed by atoms with Gasteiger partial charge in [-0.2, -0.15) is 0 Å². The van der Waals surface area contributed by atoms with Crippen LogP contribution in [0.25, 0.3) is 0 Å². The van der Waals surface area contributed by atoms with E-state index in [4.69, 9.17) is 10.2 Å². The summed E-state index contributed by atoms with van der Waals surface area (Å²) in [7, 11) is 1.00. The van der Waals surface area contributed by atoms with E-state index in [2.05, 4.69) is 34.6 Å². The van der Waals surface area contributed by atoms with Crippen LogP contribution in [0, 0.1) is 10.8 Å². The van der Waals surface area contributed by atoms with E-state index >= 15 is 0 Å². The fourth-order valence-corrected chi connectivity index (χ4v) is 2.52. The highest BCUT2D eigenvalue weighted by Gasteiger charge is 2.16. The molecule has 0 aromatic heterocycles. The molecule has 2 heteroatoms.